The van der Waals surface area contributed by atoms with Gasteiger partial charge >= 0.3 is 0 Å². The topological polar surface area (TPSA) is 38.9 Å². The lowest BCUT2D eigenvalue weighted by Crippen LogP contribution is -1.81. The third kappa shape index (κ3) is 2.60. The van der Waals surface area contributed by atoms with Crippen LogP contribution in [0.15, 0.2) is 22.5 Å². The largest absolute Gasteiger partial charge is 0.399 e. The molecule has 0 aliphatic heterocycles. The number of nitrogens with zero attached hydrogens (tertiary/aromatic N) is 1. The van der Waals surface area contributed by atoms with Crippen molar-refractivity contribution in [2.45, 2.75) is 10.8 Å². The molecule has 0 spiro atoms. The minimum Gasteiger partial charge on any atom is -0.399 e. The average molecular weight is 242 g/mol. The highest BCUT2D eigenvalue weighted by atomic mass is 32.2. The number of fused-ring (bicyclic) bond motifs is 1. The van der Waals surface area contributed by atoms with Gasteiger partial charge in [0, 0.05) is 11.4 Å². The maximum absolute atomic E-state index is 11.9. The molecule has 0 fully saturated rings. The van der Waals surface area contributed by atoms with Crippen LogP contribution in [-0.4, -0.2) is 17.4 Å². The van der Waals surface area contributed by atoms with E-state index in [1.54, 1.807) is 23.1 Å². The van der Waals surface area contributed by atoms with Gasteiger partial charge in [-0.2, -0.15) is 0 Å². The predicted octanol–water partition coefficient (Wildman–Crippen LogP) is 3.33. The summed E-state index contributed by atoms with van der Waals surface area (Å²) in [6.07, 6.45) is 0.586. The summed E-state index contributed by atoms with van der Waals surface area (Å²) >= 11 is 3.21. The third-order valence-corrected chi connectivity index (χ3v) is 4.14. The van der Waals surface area contributed by atoms with Crippen molar-refractivity contribution in [1.29, 1.82) is 0 Å². The first-order valence-electron chi connectivity index (χ1n) is 4.64. The van der Waals surface area contributed by atoms with Crippen LogP contribution in [0.1, 0.15) is 6.42 Å². The molecule has 2 rings (SSSR count). The van der Waals surface area contributed by atoms with E-state index in [1.807, 2.05) is 18.2 Å². The molecule has 0 radical (unpaired) electrons. The van der Waals surface area contributed by atoms with Crippen molar-refractivity contribution in [3.63, 3.8) is 0 Å². The van der Waals surface area contributed by atoms with Crippen molar-refractivity contribution in [2.75, 3.05) is 18.2 Å². The third-order valence-electron chi connectivity index (χ3n) is 1.90. The summed E-state index contributed by atoms with van der Waals surface area (Å²) in [7, 11) is 0. The summed E-state index contributed by atoms with van der Waals surface area (Å²) in [5.41, 5.74) is 7.40. The Balaban J connectivity index is 2.16. The number of nitrogens with two attached hydrogens (primary N) is 1. The van der Waals surface area contributed by atoms with Gasteiger partial charge in [0.15, 0.2) is 4.34 Å². The monoisotopic (exact) mass is 242 g/mol. The Labute approximate surface area is 95.7 Å². The average Bonchev–Trinajstić information content (AvgIpc) is 2.60. The van der Waals surface area contributed by atoms with Crippen LogP contribution in [0.5, 0.6) is 0 Å². The summed E-state index contributed by atoms with van der Waals surface area (Å²) in [6.45, 7) is -0.259. The highest BCUT2D eigenvalue weighted by Gasteiger charge is 2.04. The first-order valence-corrected chi connectivity index (χ1v) is 6.44. The van der Waals surface area contributed by atoms with E-state index in [0.29, 0.717) is 6.42 Å². The molecule has 0 saturated carbocycles. The summed E-state index contributed by atoms with van der Waals surface area (Å²) in [6, 6.07) is 5.69. The first-order chi connectivity index (χ1) is 7.29. The summed E-state index contributed by atoms with van der Waals surface area (Å²) < 4.78 is 14.0. The molecule has 2 aromatic rings. The van der Waals surface area contributed by atoms with E-state index in [0.717, 1.165) is 26.0 Å². The zero-order valence-corrected chi connectivity index (χ0v) is 9.71. The number of hydrogen-bond acceptors (Lipinski definition) is 4. The lowest BCUT2D eigenvalue weighted by Gasteiger charge is -1.91. The Morgan fingerprint density at radius 3 is 3.13 bits per heavy atom. The molecular formula is C10H11FN2S2. The molecule has 2 N–H and O–H groups in total. The number of thiazole rings is 1. The maximum Gasteiger partial charge on any atom is 0.151 e. The summed E-state index contributed by atoms with van der Waals surface area (Å²) in [4.78, 5) is 4.43. The van der Waals surface area contributed by atoms with Crippen LogP contribution >= 0.6 is 23.1 Å². The fourth-order valence-electron chi connectivity index (χ4n) is 1.20. The normalized spacial score (nSPS) is 11.0. The van der Waals surface area contributed by atoms with E-state index >= 15 is 0 Å². The van der Waals surface area contributed by atoms with Crippen molar-refractivity contribution in [2.24, 2.45) is 0 Å². The second-order valence-electron chi connectivity index (χ2n) is 3.10. The van der Waals surface area contributed by atoms with Gasteiger partial charge in [-0.1, -0.05) is 11.8 Å². The standard InChI is InChI=1S/C10H11FN2S2/c11-4-1-5-14-10-13-8-3-2-7(12)6-9(8)15-10/h2-3,6H,1,4-5,12H2. The van der Waals surface area contributed by atoms with E-state index < -0.39 is 0 Å². The molecule has 0 saturated heterocycles. The van der Waals surface area contributed by atoms with Gasteiger partial charge in [0.1, 0.15) is 0 Å². The second kappa shape index (κ2) is 4.81. The van der Waals surface area contributed by atoms with Gasteiger partial charge in [-0.25, -0.2) is 4.98 Å². The van der Waals surface area contributed by atoms with Gasteiger partial charge in [0.2, 0.25) is 0 Å². The maximum atomic E-state index is 11.9. The van der Waals surface area contributed by atoms with E-state index in [1.165, 1.54) is 0 Å². The van der Waals surface area contributed by atoms with Crippen LogP contribution < -0.4 is 5.73 Å². The number of halogens is 1. The number of hydrogen-bond donors (Lipinski definition) is 1. The molecule has 15 heavy (non-hydrogen) atoms. The van der Waals surface area contributed by atoms with Crippen molar-refractivity contribution < 1.29 is 4.39 Å². The number of thioether (sulfide) groups is 1. The Bertz CT molecular complexity index is 456. The number of benzene rings is 1. The fourth-order valence-corrected chi connectivity index (χ4v) is 3.29. The Morgan fingerprint density at radius 1 is 1.47 bits per heavy atom. The van der Waals surface area contributed by atoms with Crippen LogP contribution in [0.25, 0.3) is 10.2 Å². The molecule has 0 amide bonds. The molecule has 0 bridgehead atoms. The lowest BCUT2D eigenvalue weighted by molar-refractivity contribution is 0.489. The molecule has 80 valence electrons. The Morgan fingerprint density at radius 2 is 2.33 bits per heavy atom. The molecule has 2 nitrogen and oxygen atoms in total. The number of anilines is 1. The number of aromatic nitrogens is 1. The summed E-state index contributed by atoms with van der Waals surface area (Å²) in [5, 5.41) is 0. The van der Waals surface area contributed by atoms with E-state index in [4.69, 9.17) is 5.73 Å². The van der Waals surface area contributed by atoms with Crippen LogP contribution in [0.3, 0.4) is 0 Å². The minimum absolute atomic E-state index is 0.259. The van der Waals surface area contributed by atoms with Crippen LogP contribution in [0.4, 0.5) is 10.1 Å². The van der Waals surface area contributed by atoms with Crippen molar-refractivity contribution >= 4 is 39.0 Å². The van der Waals surface area contributed by atoms with E-state index in [-0.39, 0.29) is 6.67 Å². The molecule has 0 unspecified atom stereocenters. The van der Waals surface area contributed by atoms with Gasteiger partial charge in [-0.3, -0.25) is 4.39 Å². The van der Waals surface area contributed by atoms with E-state index in [2.05, 4.69) is 4.98 Å². The summed E-state index contributed by atoms with van der Waals surface area (Å²) in [5.74, 6) is 0.784. The van der Waals surface area contributed by atoms with Gasteiger partial charge in [0.25, 0.3) is 0 Å². The first kappa shape index (κ1) is 10.7. The van der Waals surface area contributed by atoms with Crippen molar-refractivity contribution in [3.8, 4) is 0 Å². The molecule has 1 heterocycles. The molecular weight excluding hydrogens is 231 g/mol. The zero-order chi connectivity index (χ0) is 10.7. The van der Waals surface area contributed by atoms with Crippen LogP contribution in [0, 0.1) is 0 Å². The van der Waals surface area contributed by atoms with E-state index in [9.17, 15) is 4.39 Å². The second-order valence-corrected chi connectivity index (χ2v) is 5.47. The minimum atomic E-state index is -0.259. The Hall–Kier alpha value is -0.810. The smallest absolute Gasteiger partial charge is 0.151 e. The molecule has 0 aliphatic carbocycles. The molecule has 0 atom stereocenters. The van der Waals surface area contributed by atoms with Crippen molar-refractivity contribution in [1.82, 2.24) is 4.98 Å². The van der Waals surface area contributed by atoms with Gasteiger partial charge in [-0.05, 0) is 24.6 Å². The SMILES string of the molecule is Nc1ccc2nc(SCCCF)sc2c1. The van der Waals surface area contributed by atoms with Gasteiger partial charge in [-0.15, -0.1) is 11.3 Å². The number of rotatable bonds is 4. The zero-order valence-electron chi connectivity index (χ0n) is 8.07. The Kier molecular flexibility index (Phi) is 3.43. The van der Waals surface area contributed by atoms with Crippen LogP contribution in [-0.2, 0) is 0 Å². The van der Waals surface area contributed by atoms with Crippen molar-refractivity contribution in [3.05, 3.63) is 18.2 Å². The highest BCUT2D eigenvalue weighted by molar-refractivity contribution is 8.01. The highest BCUT2D eigenvalue weighted by Crippen LogP contribution is 2.30. The van der Waals surface area contributed by atoms with Gasteiger partial charge < -0.3 is 5.73 Å². The molecule has 1 aromatic carbocycles. The quantitative estimate of drug-likeness (QED) is 0.508. The molecule has 5 heteroatoms. The molecule has 0 aliphatic rings. The van der Waals surface area contributed by atoms with Gasteiger partial charge in [0.05, 0.1) is 16.9 Å². The lowest BCUT2D eigenvalue weighted by atomic mass is 10.3. The number of alkyl halides is 1. The fraction of sp³-hybridized carbons (Fsp3) is 0.300. The van der Waals surface area contributed by atoms with Crippen LogP contribution in [0.2, 0.25) is 0 Å². The number of nitrogen functional groups attached to an aromatic ring is 1. The molecule has 1 aromatic heterocycles. The predicted molar refractivity (Wildman–Crippen MR) is 65.3 cm³/mol.